The van der Waals surface area contributed by atoms with Gasteiger partial charge < -0.3 is 15.8 Å². The van der Waals surface area contributed by atoms with Crippen molar-refractivity contribution >= 4 is 18.3 Å². The van der Waals surface area contributed by atoms with Crippen LogP contribution in [0.4, 0.5) is 0 Å². The summed E-state index contributed by atoms with van der Waals surface area (Å²) in [4.78, 5) is 12.3. The maximum atomic E-state index is 12.3. The highest BCUT2D eigenvalue weighted by Crippen LogP contribution is 2.40. The van der Waals surface area contributed by atoms with E-state index in [9.17, 15) is 4.79 Å². The van der Waals surface area contributed by atoms with E-state index in [4.69, 9.17) is 10.5 Å². The second-order valence-corrected chi connectivity index (χ2v) is 6.67. The SMILES string of the molecule is CCOCCC1(CNC(=O)[C@@H](N)Cc2ccccc2)CCCC1.Cl. The fourth-order valence-corrected chi connectivity index (χ4v) is 3.44. The normalized spacial score (nSPS) is 17.1. The van der Waals surface area contributed by atoms with Crippen LogP contribution in [0.25, 0.3) is 0 Å². The summed E-state index contributed by atoms with van der Waals surface area (Å²) < 4.78 is 5.52. The molecule has 1 amide bonds. The van der Waals surface area contributed by atoms with Crippen molar-refractivity contribution in [3.63, 3.8) is 0 Å². The van der Waals surface area contributed by atoms with Crippen LogP contribution >= 0.6 is 12.4 Å². The lowest BCUT2D eigenvalue weighted by atomic mass is 9.83. The minimum atomic E-state index is -0.484. The number of hydrogen-bond donors (Lipinski definition) is 2. The summed E-state index contributed by atoms with van der Waals surface area (Å²) in [6, 6.07) is 9.45. The average molecular weight is 355 g/mol. The maximum Gasteiger partial charge on any atom is 0.237 e. The first-order valence-electron chi connectivity index (χ1n) is 8.80. The number of carbonyl (C=O) groups is 1. The number of halogens is 1. The number of carbonyl (C=O) groups excluding carboxylic acids is 1. The van der Waals surface area contributed by atoms with Crippen LogP contribution in [0.5, 0.6) is 0 Å². The van der Waals surface area contributed by atoms with Gasteiger partial charge in [0.15, 0.2) is 0 Å². The monoisotopic (exact) mass is 354 g/mol. The van der Waals surface area contributed by atoms with Gasteiger partial charge in [-0.05, 0) is 43.6 Å². The molecule has 0 bridgehead atoms. The van der Waals surface area contributed by atoms with Crippen LogP contribution < -0.4 is 11.1 Å². The molecule has 0 unspecified atom stereocenters. The van der Waals surface area contributed by atoms with Crippen LogP contribution in [-0.2, 0) is 16.0 Å². The number of ether oxygens (including phenoxy) is 1. The van der Waals surface area contributed by atoms with Crippen molar-refractivity contribution in [2.45, 2.75) is 51.5 Å². The Morgan fingerprint density at radius 2 is 1.96 bits per heavy atom. The highest BCUT2D eigenvalue weighted by atomic mass is 35.5. The van der Waals surface area contributed by atoms with Gasteiger partial charge in [0, 0.05) is 19.8 Å². The first kappa shape index (κ1) is 20.9. The molecule has 3 N–H and O–H groups in total. The van der Waals surface area contributed by atoms with Crippen LogP contribution in [0.15, 0.2) is 30.3 Å². The topological polar surface area (TPSA) is 64.3 Å². The predicted molar refractivity (Wildman–Crippen MR) is 100 cm³/mol. The summed E-state index contributed by atoms with van der Waals surface area (Å²) in [6.07, 6.45) is 6.45. The largest absolute Gasteiger partial charge is 0.382 e. The second-order valence-electron chi connectivity index (χ2n) is 6.67. The summed E-state index contributed by atoms with van der Waals surface area (Å²) in [6.45, 7) is 4.28. The Kier molecular flexibility index (Phi) is 9.34. The van der Waals surface area contributed by atoms with Gasteiger partial charge in [-0.15, -0.1) is 12.4 Å². The Balaban J connectivity index is 0.00000288. The zero-order valence-electron chi connectivity index (χ0n) is 14.6. The number of benzene rings is 1. The molecule has 1 aliphatic rings. The third-order valence-corrected chi connectivity index (χ3v) is 4.92. The zero-order valence-corrected chi connectivity index (χ0v) is 15.4. The third kappa shape index (κ3) is 6.42. The van der Waals surface area contributed by atoms with Crippen LogP contribution in [0.3, 0.4) is 0 Å². The molecular weight excluding hydrogens is 324 g/mol. The predicted octanol–water partition coefficient (Wildman–Crippen LogP) is 3.08. The Morgan fingerprint density at radius 1 is 1.29 bits per heavy atom. The molecule has 0 radical (unpaired) electrons. The summed E-state index contributed by atoms with van der Waals surface area (Å²) >= 11 is 0. The summed E-state index contributed by atoms with van der Waals surface area (Å²) in [7, 11) is 0. The summed E-state index contributed by atoms with van der Waals surface area (Å²) in [5, 5.41) is 3.09. The second kappa shape index (κ2) is 10.7. The Hall–Kier alpha value is -1.10. The number of nitrogens with one attached hydrogen (secondary N) is 1. The molecule has 0 aromatic heterocycles. The van der Waals surface area contributed by atoms with E-state index >= 15 is 0 Å². The molecule has 24 heavy (non-hydrogen) atoms. The minimum Gasteiger partial charge on any atom is -0.382 e. The molecule has 5 heteroatoms. The van der Waals surface area contributed by atoms with E-state index in [1.54, 1.807) is 0 Å². The quantitative estimate of drug-likeness (QED) is 0.670. The Bertz CT molecular complexity index is 476. The highest BCUT2D eigenvalue weighted by molar-refractivity contribution is 5.85. The molecule has 4 nitrogen and oxygen atoms in total. The standard InChI is InChI=1S/C19H30N2O2.ClH/c1-2-23-13-12-19(10-6-7-11-19)15-21-18(22)17(20)14-16-8-4-3-5-9-16;/h3-5,8-9,17H,2,6-7,10-15,20H2,1H3,(H,21,22);1H/t17-;/m0./s1. The number of nitrogens with two attached hydrogens (primary N) is 1. The molecule has 0 saturated heterocycles. The molecule has 1 aromatic carbocycles. The third-order valence-electron chi connectivity index (χ3n) is 4.92. The van der Waals surface area contributed by atoms with E-state index in [1.165, 1.54) is 25.7 Å². The highest BCUT2D eigenvalue weighted by Gasteiger charge is 2.34. The van der Waals surface area contributed by atoms with Gasteiger partial charge in [0.25, 0.3) is 0 Å². The van der Waals surface area contributed by atoms with Crippen molar-refractivity contribution in [3.8, 4) is 0 Å². The molecule has 1 aromatic rings. The molecule has 136 valence electrons. The zero-order chi connectivity index (χ0) is 16.5. The maximum absolute atomic E-state index is 12.3. The number of amides is 1. The minimum absolute atomic E-state index is 0. The van der Waals surface area contributed by atoms with Gasteiger partial charge >= 0.3 is 0 Å². The smallest absolute Gasteiger partial charge is 0.237 e. The molecular formula is C19H31ClN2O2. The van der Waals surface area contributed by atoms with Gasteiger partial charge in [0.05, 0.1) is 6.04 Å². The van der Waals surface area contributed by atoms with Crippen molar-refractivity contribution in [1.82, 2.24) is 5.32 Å². The lowest BCUT2D eigenvalue weighted by molar-refractivity contribution is -0.122. The van der Waals surface area contributed by atoms with Crippen LogP contribution in [0.1, 0.15) is 44.6 Å². The van der Waals surface area contributed by atoms with E-state index in [1.807, 2.05) is 37.3 Å². The van der Waals surface area contributed by atoms with Crippen LogP contribution in [0.2, 0.25) is 0 Å². The lowest BCUT2D eigenvalue weighted by Crippen LogP contribution is -2.46. The van der Waals surface area contributed by atoms with Crippen molar-refractivity contribution in [1.29, 1.82) is 0 Å². The van der Waals surface area contributed by atoms with Crippen molar-refractivity contribution in [3.05, 3.63) is 35.9 Å². The van der Waals surface area contributed by atoms with Crippen LogP contribution in [0, 0.1) is 5.41 Å². The number of hydrogen-bond acceptors (Lipinski definition) is 3. The summed E-state index contributed by atoms with van der Waals surface area (Å²) in [5.41, 5.74) is 7.37. The van der Waals surface area contributed by atoms with E-state index in [0.29, 0.717) is 6.42 Å². The number of rotatable bonds is 9. The Morgan fingerprint density at radius 3 is 2.58 bits per heavy atom. The first-order chi connectivity index (χ1) is 11.2. The van der Waals surface area contributed by atoms with Gasteiger partial charge in [0.2, 0.25) is 5.91 Å². The fraction of sp³-hybridized carbons (Fsp3) is 0.632. The van der Waals surface area contributed by atoms with E-state index < -0.39 is 6.04 Å². The average Bonchev–Trinajstić information content (AvgIpc) is 3.03. The van der Waals surface area contributed by atoms with Gasteiger partial charge in [-0.25, -0.2) is 0 Å². The molecule has 0 aliphatic heterocycles. The van der Waals surface area contributed by atoms with Gasteiger partial charge in [-0.3, -0.25) is 4.79 Å². The summed E-state index contributed by atoms with van der Waals surface area (Å²) in [5.74, 6) is -0.0449. The molecule has 0 spiro atoms. The van der Waals surface area contributed by atoms with Crippen LogP contribution in [-0.4, -0.2) is 31.7 Å². The lowest BCUT2D eigenvalue weighted by Gasteiger charge is -2.29. The first-order valence-corrected chi connectivity index (χ1v) is 8.80. The van der Waals surface area contributed by atoms with Gasteiger partial charge in [-0.1, -0.05) is 43.2 Å². The molecule has 0 heterocycles. The molecule has 1 aliphatic carbocycles. The van der Waals surface area contributed by atoms with E-state index in [-0.39, 0.29) is 23.7 Å². The molecule has 1 saturated carbocycles. The van der Waals surface area contributed by atoms with Crippen molar-refractivity contribution in [2.24, 2.45) is 11.1 Å². The molecule has 1 fully saturated rings. The van der Waals surface area contributed by atoms with Gasteiger partial charge in [-0.2, -0.15) is 0 Å². The van der Waals surface area contributed by atoms with E-state index in [0.717, 1.165) is 31.7 Å². The van der Waals surface area contributed by atoms with Crippen molar-refractivity contribution < 1.29 is 9.53 Å². The molecule has 2 rings (SSSR count). The Labute approximate surface area is 151 Å². The van der Waals surface area contributed by atoms with Gasteiger partial charge in [0.1, 0.15) is 0 Å². The molecule has 1 atom stereocenters. The van der Waals surface area contributed by atoms with E-state index in [2.05, 4.69) is 5.32 Å². The van der Waals surface area contributed by atoms with Crippen molar-refractivity contribution in [2.75, 3.05) is 19.8 Å². The fourth-order valence-electron chi connectivity index (χ4n) is 3.44.